The van der Waals surface area contributed by atoms with Gasteiger partial charge in [0, 0.05) is 12.8 Å². The standard InChI is InChI=1S/C12H16F2N2O3S/c1-20(18,19)5-4-11(15)12(17)16-7-8-2-3-9(13)10(14)6-8/h2-3,6,11H,4-5,7,15H2,1H3,(H,16,17). The van der Waals surface area contributed by atoms with Gasteiger partial charge in [0.15, 0.2) is 11.6 Å². The Balaban J connectivity index is 2.48. The first kappa shape index (κ1) is 16.5. The lowest BCUT2D eigenvalue weighted by Gasteiger charge is -2.11. The van der Waals surface area contributed by atoms with Crippen molar-refractivity contribution in [1.29, 1.82) is 0 Å². The van der Waals surface area contributed by atoms with Crippen LogP contribution in [0.25, 0.3) is 0 Å². The Kier molecular flexibility index (Phi) is 5.58. The van der Waals surface area contributed by atoms with Gasteiger partial charge in [0.1, 0.15) is 9.84 Å². The first-order valence-corrected chi connectivity index (χ1v) is 7.90. The summed E-state index contributed by atoms with van der Waals surface area (Å²) < 4.78 is 47.5. The van der Waals surface area contributed by atoms with Crippen LogP contribution >= 0.6 is 0 Å². The molecule has 1 atom stereocenters. The lowest BCUT2D eigenvalue weighted by atomic mass is 10.2. The van der Waals surface area contributed by atoms with Gasteiger partial charge in [-0.3, -0.25) is 4.79 Å². The number of halogens is 2. The van der Waals surface area contributed by atoms with Crippen molar-refractivity contribution >= 4 is 15.7 Å². The summed E-state index contributed by atoms with van der Waals surface area (Å²) in [6, 6.07) is 2.30. The Bertz CT molecular complexity index is 590. The van der Waals surface area contributed by atoms with Crippen molar-refractivity contribution < 1.29 is 22.0 Å². The van der Waals surface area contributed by atoms with Crippen LogP contribution in [0, 0.1) is 11.6 Å². The van der Waals surface area contributed by atoms with Gasteiger partial charge in [-0.1, -0.05) is 6.07 Å². The minimum absolute atomic E-state index is 0.00243. The van der Waals surface area contributed by atoms with Gasteiger partial charge in [0.25, 0.3) is 0 Å². The van der Waals surface area contributed by atoms with Gasteiger partial charge >= 0.3 is 0 Å². The van der Waals surface area contributed by atoms with Crippen molar-refractivity contribution in [3.8, 4) is 0 Å². The summed E-state index contributed by atoms with van der Waals surface area (Å²) in [6.07, 6.45) is 1.06. The minimum Gasteiger partial charge on any atom is -0.351 e. The van der Waals surface area contributed by atoms with Gasteiger partial charge < -0.3 is 11.1 Å². The third kappa shape index (κ3) is 5.62. The molecule has 1 amide bonds. The van der Waals surface area contributed by atoms with Crippen molar-refractivity contribution in [2.75, 3.05) is 12.0 Å². The van der Waals surface area contributed by atoms with Crippen LogP contribution in [0.4, 0.5) is 8.78 Å². The fourth-order valence-electron chi connectivity index (χ4n) is 1.44. The van der Waals surface area contributed by atoms with E-state index in [2.05, 4.69) is 5.32 Å². The van der Waals surface area contributed by atoms with Crippen LogP contribution in [-0.2, 0) is 21.2 Å². The fourth-order valence-corrected chi connectivity index (χ4v) is 2.12. The van der Waals surface area contributed by atoms with E-state index < -0.39 is 33.4 Å². The molecule has 1 unspecified atom stereocenters. The van der Waals surface area contributed by atoms with Crippen molar-refractivity contribution in [3.63, 3.8) is 0 Å². The van der Waals surface area contributed by atoms with Crippen molar-refractivity contribution in [2.45, 2.75) is 19.0 Å². The average Bonchev–Trinajstić information content (AvgIpc) is 2.36. The monoisotopic (exact) mass is 306 g/mol. The van der Waals surface area contributed by atoms with Crippen molar-refractivity contribution in [2.24, 2.45) is 5.73 Å². The molecule has 1 aromatic rings. The number of carbonyl (C=O) groups is 1. The summed E-state index contributed by atoms with van der Waals surface area (Å²) in [5, 5.41) is 2.43. The Morgan fingerprint density at radius 3 is 2.55 bits per heavy atom. The van der Waals surface area contributed by atoms with Crippen LogP contribution in [-0.4, -0.2) is 32.4 Å². The average molecular weight is 306 g/mol. The number of hydrogen-bond acceptors (Lipinski definition) is 4. The molecule has 1 rings (SSSR count). The smallest absolute Gasteiger partial charge is 0.237 e. The second kappa shape index (κ2) is 6.76. The number of hydrogen-bond donors (Lipinski definition) is 2. The van der Waals surface area contributed by atoms with E-state index in [-0.39, 0.29) is 18.7 Å². The Labute approximate surface area is 116 Å². The van der Waals surface area contributed by atoms with Crippen molar-refractivity contribution in [3.05, 3.63) is 35.4 Å². The summed E-state index contributed by atoms with van der Waals surface area (Å²) >= 11 is 0. The molecule has 0 radical (unpaired) electrons. The predicted octanol–water partition coefficient (Wildman–Crippen LogP) is 0.343. The molecule has 0 fully saturated rings. The molecule has 20 heavy (non-hydrogen) atoms. The molecule has 0 aliphatic heterocycles. The first-order chi connectivity index (χ1) is 9.19. The maximum Gasteiger partial charge on any atom is 0.237 e. The number of sulfone groups is 1. The molecule has 0 saturated carbocycles. The third-order valence-electron chi connectivity index (χ3n) is 2.59. The summed E-state index contributed by atoms with van der Waals surface area (Å²) in [6.45, 7) is -0.0113. The van der Waals surface area contributed by atoms with E-state index in [1.807, 2.05) is 0 Å². The molecule has 0 aliphatic rings. The quantitative estimate of drug-likeness (QED) is 0.793. The highest BCUT2D eigenvalue weighted by Gasteiger charge is 2.15. The molecule has 3 N–H and O–H groups in total. The maximum absolute atomic E-state index is 12.9. The van der Waals surface area contributed by atoms with Gasteiger partial charge in [-0.15, -0.1) is 0 Å². The number of benzene rings is 1. The van der Waals surface area contributed by atoms with Crippen LogP contribution in [0.3, 0.4) is 0 Å². The van der Waals surface area contributed by atoms with E-state index in [1.165, 1.54) is 6.07 Å². The molecule has 0 heterocycles. The van der Waals surface area contributed by atoms with E-state index in [0.29, 0.717) is 5.56 Å². The second-order valence-corrected chi connectivity index (χ2v) is 6.75. The van der Waals surface area contributed by atoms with Gasteiger partial charge in [-0.25, -0.2) is 17.2 Å². The van der Waals surface area contributed by atoms with E-state index in [0.717, 1.165) is 18.4 Å². The third-order valence-corrected chi connectivity index (χ3v) is 3.56. The molecular formula is C12H16F2N2O3S. The summed E-state index contributed by atoms with van der Waals surface area (Å²) in [5.74, 6) is -2.70. The lowest BCUT2D eigenvalue weighted by Crippen LogP contribution is -2.41. The lowest BCUT2D eigenvalue weighted by molar-refractivity contribution is -0.122. The molecule has 1 aromatic carbocycles. The first-order valence-electron chi connectivity index (χ1n) is 5.84. The van der Waals surface area contributed by atoms with Crippen LogP contribution in [0.5, 0.6) is 0 Å². The van der Waals surface area contributed by atoms with Crippen LogP contribution in [0.15, 0.2) is 18.2 Å². The summed E-state index contributed by atoms with van der Waals surface area (Å²) in [5.41, 5.74) is 5.91. The maximum atomic E-state index is 12.9. The number of rotatable bonds is 6. The topological polar surface area (TPSA) is 89.3 Å². The molecule has 0 aliphatic carbocycles. The molecule has 5 nitrogen and oxygen atoms in total. The Hall–Kier alpha value is -1.54. The molecule has 0 spiro atoms. The molecule has 0 aromatic heterocycles. The Morgan fingerprint density at radius 2 is 2.00 bits per heavy atom. The van der Waals surface area contributed by atoms with E-state index in [1.54, 1.807) is 0 Å². The van der Waals surface area contributed by atoms with Gasteiger partial charge in [0.05, 0.1) is 11.8 Å². The minimum atomic E-state index is -3.18. The molecular weight excluding hydrogens is 290 g/mol. The summed E-state index contributed by atoms with van der Waals surface area (Å²) in [7, 11) is -3.18. The number of nitrogens with one attached hydrogen (secondary N) is 1. The van der Waals surface area contributed by atoms with E-state index in [9.17, 15) is 22.0 Å². The van der Waals surface area contributed by atoms with E-state index >= 15 is 0 Å². The van der Waals surface area contributed by atoms with Gasteiger partial charge in [-0.05, 0) is 24.1 Å². The highest BCUT2D eigenvalue weighted by Crippen LogP contribution is 2.08. The summed E-state index contributed by atoms with van der Waals surface area (Å²) in [4.78, 5) is 11.6. The zero-order chi connectivity index (χ0) is 15.3. The Morgan fingerprint density at radius 1 is 1.35 bits per heavy atom. The zero-order valence-electron chi connectivity index (χ0n) is 10.9. The predicted molar refractivity (Wildman–Crippen MR) is 70.5 cm³/mol. The van der Waals surface area contributed by atoms with Gasteiger partial charge in [-0.2, -0.15) is 0 Å². The normalized spacial score (nSPS) is 13.0. The zero-order valence-corrected chi connectivity index (χ0v) is 11.7. The highest BCUT2D eigenvalue weighted by atomic mass is 32.2. The van der Waals surface area contributed by atoms with Crippen LogP contribution < -0.4 is 11.1 Å². The number of carbonyl (C=O) groups excluding carboxylic acids is 1. The number of amides is 1. The molecule has 0 saturated heterocycles. The fraction of sp³-hybridized carbons (Fsp3) is 0.417. The highest BCUT2D eigenvalue weighted by molar-refractivity contribution is 7.90. The molecule has 112 valence electrons. The van der Waals surface area contributed by atoms with Gasteiger partial charge in [0.2, 0.25) is 5.91 Å². The van der Waals surface area contributed by atoms with Crippen LogP contribution in [0.1, 0.15) is 12.0 Å². The molecule has 0 bridgehead atoms. The number of nitrogens with two attached hydrogens (primary N) is 1. The van der Waals surface area contributed by atoms with Crippen LogP contribution in [0.2, 0.25) is 0 Å². The molecule has 8 heteroatoms. The second-order valence-electron chi connectivity index (χ2n) is 4.49. The van der Waals surface area contributed by atoms with E-state index in [4.69, 9.17) is 5.73 Å². The SMILES string of the molecule is CS(=O)(=O)CCC(N)C(=O)NCc1ccc(F)c(F)c1. The van der Waals surface area contributed by atoms with Crippen molar-refractivity contribution in [1.82, 2.24) is 5.32 Å². The largest absolute Gasteiger partial charge is 0.351 e.